The van der Waals surface area contributed by atoms with Gasteiger partial charge in [0, 0.05) is 18.8 Å². The van der Waals surface area contributed by atoms with Gasteiger partial charge in [-0.25, -0.2) is 8.42 Å². The van der Waals surface area contributed by atoms with Crippen molar-refractivity contribution >= 4 is 21.6 Å². The summed E-state index contributed by atoms with van der Waals surface area (Å²) in [6, 6.07) is 16.0. The van der Waals surface area contributed by atoms with Crippen molar-refractivity contribution in [2.45, 2.75) is 43.0 Å². The number of amides is 1. The Kier molecular flexibility index (Phi) is 6.51. The largest absolute Gasteiger partial charge is 0.324 e. The molecule has 160 valence electrons. The van der Waals surface area contributed by atoms with Crippen LogP contribution < -0.4 is 5.32 Å². The number of hydrogen-bond acceptors (Lipinski definition) is 4. The van der Waals surface area contributed by atoms with Crippen LogP contribution in [0.5, 0.6) is 0 Å². The van der Waals surface area contributed by atoms with Crippen LogP contribution in [0.15, 0.2) is 59.5 Å². The van der Waals surface area contributed by atoms with Gasteiger partial charge in [-0.15, -0.1) is 0 Å². The highest BCUT2D eigenvalue weighted by Gasteiger charge is 2.30. The molecule has 2 heterocycles. The van der Waals surface area contributed by atoms with E-state index < -0.39 is 10.0 Å². The van der Waals surface area contributed by atoms with Crippen LogP contribution in [0.25, 0.3) is 0 Å². The van der Waals surface area contributed by atoms with E-state index in [0.29, 0.717) is 18.8 Å². The summed E-state index contributed by atoms with van der Waals surface area (Å²) in [6.07, 6.45) is 5.09. The van der Waals surface area contributed by atoms with Gasteiger partial charge in [0.05, 0.1) is 4.90 Å². The highest BCUT2D eigenvalue weighted by Crippen LogP contribution is 2.27. The number of rotatable bonds is 6. The van der Waals surface area contributed by atoms with E-state index in [0.717, 1.165) is 50.8 Å². The third-order valence-electron chi connectivity index (χ3n) is 5.94. The van der Waals surface area contributed by atoms with Gasteiger partial charge in [-0.3, -0.25) is 9.69 Å². The van der Waals surface area contributed by atoms with Gasteiger partial charge in [-0.05, 0) is 68.6 Å². The highest BCUT2D eigenvalue weighted by molar-refractivity contribution is 7.89. The first-order valence-corrected chi connectivity index (χ1v) is 12.2. The summed E-state index contributed by atoms with van der Waals surface area (Å²) in [6.45, 7) is 2.96. The second kappa shape index (κ2) is 9.29. The van der Waals surface area contributed by atoms with E-state index >= 15 is 0 Å². The Hall–Kier alpha value is -2.22. The number of anilines is 1. The van der Waals surface area contributed by atoms with Crippen LogP contribution in [0.4, 0.5) is 5.69 Å². The molecule has 0 saturated carbocycles. The smallest absolute Gasteiger partial charge is 0.246 e. The Morgan fingerprint density at radius 1 is 0.800 bits per heavy atom. The molecule has 2 aliphatic heterocycles. The minimum atomic E-state index is -3.47. The molecule has 2 aliphatic rings. The van der Waals surface area contributed by atoms with Crippen LogP contribution in [0.3, 0.4) is 0 Å². The van der Waals surface area contributed by atoms with E-state index in [9.17, 15) is 13.2 Å². The first-order valence-electron chi connectivity index (χ1n) is 10.8. The summed E-state index contributed by atoms with van der Waals surface area (Å²) in [7, 11) is -3.47. The van der Waals surface area contributed by atoms with Gasteiger partial charge in [-0.1, -0.05) is 36.8 Å². The van der Waals surface area contributed by atoms with Crippen LogP contribution >= 0.6 is 0 Å². The molecule has 4 rings (SSSR count). The van der Waals surface area contributed by atoms with Crippen molar-refractivity contribution in [3.8, 4) is 0 Å². The van der Waals surface area contributed by atoms with Crippen LogP contribution in [-0.2, 0) is 14.8 Å². The molecule has 0 aliphatic carbocycles. The van der Waals surface area contributed by atoms with E-state index in [2.05, 4.69) is 10.2 Å². The topological polar surface area (TPSA) is 69.7 Å². The van der Waals surface area contributed by atoms with Crippen molar-refractivity contribution in [2.24, 2.45) is 0 Å². The molecule has 7 heteroatoms. The number of benzene rings is 2. The maximum Gasteiger partial charge on any atom is 0.246 e. The quantitative estimate of drug-likeness (QED) is 0.764. The number of hydrogen-bond donors (Lipinski definition) is 1. The summed E-state index contributed by atoms with van der Waals surface area (Å²) >= 11 is 0. The Morgan fingerprint density at radius 3 is 2.03 bits per heavy atom. The van der Waals surface area contributed by atoms with E-state index in [4.69, 9.17) is 0 Å². The van der Waals surface area contributed by atoms with E-state index in [1.165, 1.54) is 0 Å². The third kappa shape index (κ3) is 4.58. The molecule has 2 aromatic carbocycles. The average molecular weight is 428 g/mol. The number of sulfonamides is 1. The fraction of sp³-hybridized carbons (Fsp3) is 0.435. The third-order valence-corrected chi connectivity index (χ3v) is 7.86. The van der Waals surface area contributed by atoms with Crippen LogP contribution in [-0.4, -0.2) is 49.7 Å². The maximum atomic E-state index is 13.2. The monoisotopic (exact) mass is 427 g/mol. The molecular formula is C23H29N3O3S. The van der Waals surface area contributed by atoms with Crippen LogP contribution in [0.2, 0.25) is 0 Å². The molecule has 1 unspecified atom stereocenters. The molecule has 2 saturated heterocycles. The van der Waals surface area contributed by atoms with Gasteiger partial charge in [0.25, 0.3) is 0 Å². The Labute approximate surface area is 178 Å². The molecule has 0 bridgehead atoms. The zero-order chi connectivity index (χ0) is 21.0. The minimum absolute atomic E-state index is 0.0882. The number of carbonyl (C=O) groups excluding carboxylic acids is 1. The summed E-state index contributed by atoms with van der Waals surface area (Å²) < 4.78 is 27.2. The first kappa shape index (κ1) is 21.0. The van der Waals surface area contributed by atoms with E-state index in [-0.39, 0.29) is 16.8 Å². The Morgan fingerprint density at radius 2 is 1.40 bits per heavy atom. The number of likely N-dealkylation sites (tertiary alicyclic amines) is 1. The zero-order valence-electron chi connectivity index (χ0n) is 17.2. The first-order chi connectivity index (χ1) is 14.6. The Balaban J connectivity index is 1.49. The normalized spacial score (nSPS) is 19.5. The van der Waals surface area contributed by atoms with Crippen molar-refractivity contribution < 1.29 is 13.2 Å². The zero-order valence-corrected chi connectivity index (χ0v) is 18.0. The lowest BCUT2D eigenvalue weighted by Crippen LogP contribution is -2.36. The molecule has 1 atom stereocenters. The van der Waals surface area contributed by atoms with Crippen LogP contribution in [0, 0.1) is 0 Å². The predicted octanol–water partition coefficient (Wildman–Crippen LogP) is 3.64. The van der Waals surface area contributed by atoms with Gasteiger partial charge in [0.2, 0.25) is 15.9 Å². The number of nitrogens with zero attached hydrogens (tertiary/aromatic N) is 2. The van der Waals surface area contributed by atoms with Crippen molar-refractivity contribution in [2.75, 3.05) is 31.5 Å². The van der Waals surface area contributed by atoms with E-state index in [1.54, 1.807) is 28.6 Å². The van der Waals surface area contributed by atoms with Crippen molar-refractivity contribution in [1.82, 2.24) is 9.21 Å². The summed E-state index contributed by atoms with van der Waals surface area (Å²) in [4.78, 5) is 15.6. The van der Waals surface area contributed by atoms with Crippen LogP contribution in [0.1, 0.15) is 43.7 Å². The lowest BCUT2D eigenvalue weighted by atomic mass is 10.0. The molecule has 2 fully saturated rings. The van der Waals surface area contributed by atoms with Gasteiger partial charge < -0.3 is 5.32 Å². The molecule has 1 N–H and O–H groups in total. The standard InChI is InChI=1S/C23H29N3O3S/c27-23(22(25-15-7-8-16-25)19-9-3-1-4-10-19)24-20-11-13-21(14-12-20)30(28,29)26-17-5-2-6-18-26/h1,3-4,9-14,22H,2,5-8,15-18H2,(H,24,27). The Bertz CT molecular complexity index is 949. The van der Waals surface area contributed by atoms with Gasteiger partial charge in [0.1, 0.15) is 6.04 Å². The SMILES string of the molecule is O=C(Nc1ccc(S(=O)(=O)N2CCCCC2)cc1)C(c1ccccc1)N1CCCC1. The second-order valence-corrected chi connectivity index (χ2v) is 9.97. The lowest BCUT2D eigenvalue weighted by molar-refractivity contribution is -0.121. The summed E-state index contributed by atoms with van der Waals surface area (Å²) in [5.41, 5.74) is 1.58. The predicted molar refractivity (Wildman–Crippen MR) is 118 cm³/mol. The number of piperidine rings is 1. The minimum Gasteiger partial charge on any atom is -0.324 e. The second-order valence-electron chi connectivity index (χ2n) is 8.03. The van der Waals surface area contributed by atoms with Gasteiger partial charge >= 0.3 is 0 Å². The van der Waals surface area contributed by atoms with E-state index in [1.807, 2.05) is 30.3 Å². The molecular weight excluding hydrogens is 398 g/mol. The molecule has 6 nitrogen and oxygen atoms in total. The number of carbonyl (C=O) groups is 1. The van der Waals surface area contributed by atoms with Gasteiger partial charge in [-0.2, -0.15) is 4.31 Å². The molecule has 2 aromatic rings. The summed E-state index contributed by atoms with van der Waals surface area (Å²) in [5.74, 6) is -0.0882. The molecule has 30 heavy (non-hydrogen) atoms. The van der Waals surface area contributed by atoms with Crippen molar-refractivity contribution in [3.05, 3.63) is 60.2 Å². The number of nitrogens with one attached hydrogen (secondary N) is 1. The average Bonchev–Trinajstić information content (AvgIpc) is 3.30. The maximum absolute atomic E-state index is 13.2. The fourth-order valence-corrected chi connectivity index (χ4v) is 5.86. The molecule has 0 radical (unpaired) electrons. The molecule has 1 amide bonds. The summed E-state index contributed by atoms with van der Waals surface area (Å²) in [5, 5.41) is 2.99. The molecule has 0 spiro atoms. The lowest BCUT2D eigenvalue weighted by Gasteiger charge is -2.27. The van der Waals surface area contributed by atoms with Crippen molar-refractivity contribution in [1.29, 1.82) is 0 Å². The fourth-order valence-electron chi connectivity index (χ4n) is 4.34. The molecule has 0 aromatic heterocycles. The van der Waals surface area contributed by atoms with Crippen molar-refractivity contribution in [3.63, 3.8) is 0 Å². The highest BCUT2D eigenvalue weighted by atomic mass is 32.2. The van der Waals surface area contributed by atoms with Gasteiger partial charge in [0.15, 0.2) is 0 Å².